The van der Waals surface area contributed by atoms with Crippen LogP contribution in [0.5, 0.6) is 5.75 Å². The van der Waals surface area contributed by atoms with Gasteiger partial charge in [-0.25, -0.2) is 0 Å². The van der Waals surface area contributed by atoms with E-state index < -0.39 is 0 Å². The summed E-state index contributed by atoms with van der Waals surface area (Å²) in [4.78, 5) is 14.7. The molecule has 0 aromatic heterocycles. The van der Waals surface area contributed by atoms with Crippen molar-refractivity contribution in [2.45, 2.75) is 0 Å². The lowest BCUT2D eigenvalue weighted by Gasteiger charge is -2.17. The number of para-hydroxylation sites is 2. The van der Waals surface area contributed by atoms with E-state index in [1.165, 1.54) is 16.7 Å². The number of carbonyl (C=O) groups is 1. The number of amides is 1. The third kappa shape index (κ3) is 4.15. The van der Waals surface area contributed by atoms with Gasteiger partial charge < -0.3 is 10.1 Å². The SMILES string of the molecule is COc1ccccc1NCN1C(=O)C(=Cc2cccc(Cl)c2)SC1=S. The van der Waals surface area contributed by atoms with Gasteiger partial charge in [0.2, 0.25) is 0 Å². The third-order valence-electron chi connectivity index (χ3n) is 3.55. The second-order valence-corrected chi connectivity index (χ2v) is 7.31. The Bertz CT molecular complexity index is 854. The van der Waals surface area contributed by atoms with Crippen molar-refractivity contribution >= 4 is 57.6 Å². The van der Waals surface area contributed by atoms with Crippen molar-refractivity contribution in [3.05, 3.63) is 64.0 Å². The molecule has 1 heterocycles. The molecule has 25 heavy (non-hydrogen) atoms. The van der Waals surface area contributed by atoms with E-state index >= 15 is 0 Å². The number of ether oxygens (including phenoxy) is 1. The van der Waals surface area contributed by atoms with Gasteiger partial charge in [0, 0.05) is 5.02 Å². The quantitative estimate of drug-likeness (QED) is 0.596. The Morgan fingerprint density at radius 2 is 2.08 bits per heavy atom. The van der Waals surface area contributed by atoms with Crippen molar-refractivity contribution < 1.29 is 9.53 Å². The summed E-state index contributed by atoms with van der Waals surface area (Å²) in [6, 6.07) is 14.9. The second kappa shape index (κ2) is 7.91. The van der Waals surface area contributed by atoms with Crippen LogP contribution in [0.1, 0.15) is 5.56 Å². The van der Waals surface area contributed by atoms with E-state index in [0.717, 1.165) is 11.3 Å². The molecule has 3 rings (SSSR count). The zero-order chi connectivity index (χ0) is 17.8. The third-order valence-corrected chi connectivity index (χ3v) is 5.17. The molecule has 0 aliphatic carbocycles. The van der Waals surface area contributed by atoms with Gasteiger partial charge in [-0.2, -0.15) is 0 Å². The minimum Gasteiger partial charge on any atom is -0.495 e. The highest BCUT2D eigenvalue weighted by atomic mass is 35.5. The zero-order valence-electron chi connectivity index (χ0n) is 13.4. The first-order valence-corrected chi connectivity index (χ1v) is 9.06. The predicted octanol–water partition coefficient (Wildman–Crippen LogP) is 4.62. The Morgan fingerprint density at radius 3 is 2.84 bits per heavy atom. The lowest BCUT2D eigenvalue weighted by Crippen LogP contribution is -2.33. The number of methoxy groups -OCH3 is 1. The highest BCUT2D eigenvalue weighted by Crippen LogP contribution is 2.33. The number of halogens is 1. The van der Waals surface area contributed by atoms with E-state index in [9.17, 15) is 4.79 Å². The monoisotopic (exact) mass is 390 g/mol. The van der Waals surface area contributed by atoms with E-state index in [2.05, 4.69) is 5.32 Å². The molecule has 0 saturated carbocycles. The topological polar surface area (TPSA) is 41.6 Å². The minimum atomic E-state index is -0.127. The van der Waals surface area contributed by atoms with Crippen LogP contribution in [0.15, 0.2) is 53.4 Å². The fourth-order valence-corrected chi connectivity index (χ4v) is 3.79. The van der Waals surface area contributed by atoms with Gasteiger partial charge in [0.1, 0.15) is 10.1 Å². The Kier molecular flexibility index (Phi) is 5.63. The van der Waals surface area contributed by atoms with Crippen LogP contribution in [0.2, 0.25) is 5.02 Å². The van der Waals surface area contributed by atoms with Crippen molar-refractivity contribution in [1.29, 1.82) is 0 Å². The molecule has 1 fully saturated rings. The van der Waals surface area contributed by atoms with Crippen LogP contribution in [-0.4, -0.2) is 28.9 Å². The summed E-state index contributed by atoms with van der Waals surface area (Å²) in [7, 11) is 1.61. The molecule has 1 aliphatic rings. The number of benzene rings is 2. The normalized spacial score (nSPS) is 15.8. The Morgan fingerprint density at radius 1 is 1.28 bits per heavy atom. The number of nitrogens with zero attached hydrogens (tertiary/aromatic N) is 1. The number of hydrogen-bond acceptors (Lipinski definition) is 5. The van der Waals surface area contributed by atoms with Gasteiger partial charge in [-0.1, -0.05) is 59.8 Å². The summed E-state index contributed by atoms with van der Waals surface area (Å²) < 4.78 is 5.81. The van der Waals surface area contributed by atoms with E-state index in [0.29, 0.717) is 20.0 Å². The molecule has 0 spiro atoms. The zero-order valence-corrected chi connectivity index (χ0v) is 15.8. The molecule has 0 atom stereocenters. The van der Waals surface area contributed by atoms with Crippen molar-refractivity contribution in [3.8, 4) is 5.75 Å². The number of anilines is 1. The van der Waals surface area contributed by atoms with Gasteiger partial charge >= 0.3 is 0 Å². The molecule has 0 radical (unpaired) electrons. The van der Waals surface area contributed by atoms with E-state index in [-0.39, 0.29) is 12.6 Å². The first-order valence-electron chi connectivity index (χ1n) is 7.46. The lowest BCUT2D eigenvalue weighted by molar-refractivity contribution is -0.121. The molecular formula is C18H15ClN2O2S2. The maximum Gasteiger partial charge on any atom is 0.267 e. The summed E-state index contributed by atoms with van der Waals surface area (Å²) in [6.45, 7) is 0.276. The first-order chi connectivity index (χ1) is 12.1. The number of thioether (sulfide) groups is 1. The molecule has 4 nitrogen and oxygen atoms in total. The highest BCUT2D eigenvalue weighted by molar-refractivity contribution is 8.26. The van der Waals surface area contributed by atoms with Crippen LogP contribution >= 0.6 is 35.6 Å². The van der Waals surface area contributed by atoms with Crippen molar-refractivity contribution in [1.82, 2.24) is 4.90 Å². The predicted molar refractivity (Wildman–Crippen MR) is 108 cm³/mol. The number of nitrogens with one attached hydrogen (secondary N) is 1. The molecule has 0 unspecified atom stereocenters. The van der Waals surface area contributed by atoms with Crippen LogP contribution in [0, 0.1) is 0 Å². The highest BCUT2D eigenvalue weighted by Gasteiger charge is 2.31. The number of thiocarbonyl (C=S) groups is 1. The summed E-state index contributed by atoms with van der Waals surface area (Å²) in [5.74, 6) is 0.583. The van der Waals surface area contributed by atoms with Crippen LogP contribution < -0.4 is 10.1 Å². The molecule has 1 amide bonds. The van der Waals surface area contributed by atoms with Crippen molar-refractivity contribution in [3.63, 3.8) is 0 Å². The van der Waals surface area contributed by atoms with Crippen LogP contribution in [-0.2, 0) is 4.79 Å². The number of rotatable bonds is 5. The van der Waals surface area contributed by atoms with Crippen molar-refractivity contribution in [2.24, 2.45) is 0 Å². The Balaban J connectivity index is 1.73. The molecule has 1 saturated heterocycles. The lowest BCUT2D eigenvalue weighted by atomic mass is 10.2. The van der Waals surface area contributed by atoms with E-state index in [1.807, 2.05) is 36.4 Å². The molecule has 0 bridgehead atoms. The van der Waals surface area contributed by atoms with Gasteiger partial charge in [0.25, 0.3) is 5.91 Å². The van der Waals surface area contributed by atoms with E-state index in [1.54, 1.807) is 25.3 Å². The van der Waals surface area contributed by atoms with Crippen LogP contribution in [0.3, 0.4) is 0 Å². The largest absolute Gasteiger partial charge is 0.495 e. The average molecular weight is 391 g/mol. The van der Waals surface area contributed by atoms with Gasteiger partial charge in [0.05, 0.1) is 24.4 Å². The first kappa shape index (κ1) is 17.8. The molecule has 1 aliphatic heterocycles. The minimum absolute atomic E-state index is 0.127. The Labute approximate surface area is 160 Å². The molecule has 1 N–H and O–H groups in total. The average Bonchev–Trinajstić information content (AvgIpc) is 2.87. The summed E-state index contributed by atoms with van der Waals surface area (Å²) in [5, 5.41) is 3.82. The molecule has 128 valence electrons. The summed E-state index contributed by atoms with van der Waals surface area (Å²) in [5.41, 5.74) is 1.67. The maximum absolute atomic E-state index is 12.6. The van der Waals surface area contributed by atoms with Gasteiger partial charge in [-0.15, -0.1) is 0 Å². The maximum atomic E-state index is 12.6. The fourth-order valence-electron chi connectivity index (χ4n) is 2.34. The smallest absolute Gasteiger partial charge is 0.267 e. The van der Waals surface area contributed by atoms with Gasteiger partial charge in [-0.3, -0.25) is 9.69 Å². The fraction of sp³-hybridized carbons (Fsp3) is 0.111. The molecule has 7 heteroatoms. The summed E-state index contributed by atoms with van der Waals surface area (Å²) >= 11 is 12.6. The van der Waals surface area contributed by atoms with Gasteiger partial charge in [-0.05, 0) is 35.9 Å². The van der Waals surface area contributed by atoms with E-state index in [4.69, 9.17) is 28.6 Å². The molecule has 2 aromatic rings. The van der Waals surface area contributed by atoms with Crippen molar-refractivity contribution in [2.75, 3.05) is 19.1 Å². The molecule has 2 aromatic carbocycles. The summed E-state index contributed by atoms with van der Waals surface area (Å²) in [6.07, 6.45) is 1.80. The number of hydrogen-bond donors (Lipinski definition) is 1. The second-order valence-electron chi connectivity index (χ2n) is 5.20. The standard InChI is InChI=1S/C18H15ClN2O2S2/c1-23-15-8-3-2-7-14(15)20-11-21-17(22)16(25-18(21)24)10-12-5-4-6-13(19)9-12/h2-10,20H,11H2,1H3. The molecular weight excluding hydrogens is 376 g/mol. The number of carbonyl (C=O) groups excluding carboxylic acids is 1. The van der Waals surface area contributed by atoms with Crippen LogP contribution in [0.25, 0.3) is 6.08 Å². The Hall–Kier alpha value is -2.02. The van der Waals surface area contributed by atoms with Gasteiger partial charge in [0.15, 0.2) is 0 Å². The van der Waals surface area contributed by atoms with Crippen LogP contribution in [0.4, 0.5) is 5.69 Å².